The molecular formula is C14H18ClFN2O. The fourth-order valence-electron chi connectivity index (χ4n) is 2.32. The molecule has 0 spiro atoms. The Hall–Kier alpha value is -1.13. The molecule has 0 aromatic heterocycles. The van der Waals surface area contributed by atoms with E-state index in [0.717, 1.165) is 18.4 Å². The van der Waals surface area contributed by atoms with E-state index in [4.69, 9.17) is 11.6 Å². The molecule has 1 aliphatic carbocycles. The minimum absolute atomic E-state index is 0.0140. The summed E-state index contributed by atoms with van der Waals surface area (Å²) in [5.74, 6) is -0.412. The fraction of sp³-hybridized carbons (Fsp3) is 0.500. The SMILES string of the molecule is O=C(CNCc1ccc(F)c(Cl)c1)NC1CCCC1. The average Bonchev–Trinajstić information content (AvgIpc) is 2.86. The maximum atomic E-state index is 13.0. The lowest BCUT2D eigenvalue weighted by molar-refractivity contribution is -0.120. The van der Waals surface area contributed by atoms with Crippen molar-refractivity contribution in [2.75, 3.05) is 6.54 Å². The van der Waals surface area contributed by atoms with Crippen LogP contribution in [-0.2, 0) is 11.3 Å². The molecule has 1 saturated carbocycles. The summed E-state index contributed by atoms with van der Waals surface area (Å²) in [6.07, 6.45) is 4.57. The summed E-state index contributed by atoms with van der Waals surface area (Å²) in [5, 5.41) is 6.13. The highest BCUT2D eigenvalue weighted by Crippen LogP contribution is 2.17. The van der Waals surface area contributed by atoms with Crippen LogP contribution in [0.2, 0.25) is 5.02 Å². The molecule has 3 nitrogen and oxygen atoms in total. The van der Waals surface area contributed by atoms with Gasteiger partial charge in [-0.3, -0.25) is 4.79 Å². The molecule has 0 bridgehead atoms. The van der Waals surface area contributed by atoms with Crippen LogP contribution in [0, 0.1) is 5.82 Å². The van der Waals surface area contributed by atoms with Gasteiger partial charge in [-0.2, -0.15) is 0 Å². The molecule has 5 heteroatoms. The fourth-order valence-corrected chi connectivity index (χ4v) is 2.52. The molecule has 1 amide bonds. The van der Waals surface area contributed by atoms with Gasteiger partial charge in [-0.15, -0.1) is 0 Å². The summed E-state index contributed by atoms with van der Waals surface area (Å²) < 4.78 is 13.0. The lowest BCUT2D eigenvalue weighted by Gasteiger charge is -2.12. The summed E-state index contributed by atoms with van der Waals surface area (Å²) in [6, 6.07) is 4.90. The molecule has 2 N–H and O–H groups in total. The Kier molecular flexibility index (Phi) is 5.16. The largest absolute Gasteiger partial charge is 0.352 e. The molecule has 0 saturated heterocycles. The Morgan fingerprint density at radius 2 is 2.11 bits per heavy atom. The Morgan fingerprint density at radius 1 is 1.37 bits per heavy atom. The smallest absolute Gasteiger partial charge is 0.234 e. The minimum Gasteiger partial charge on any atom is -0.352 e. The van der Waals surface area contributed by atoms with E-state index in [9.17, 15) is 9.18 Å². The molecule has 0 atom stereocenters. The van der Waals surface area contributed by atoms with Gasteiger partial charge in [0.05, 0.1) is 11.6 Å². The van der Waals surface area contributed by atoms with Crippen molar-refractivity contribution in [1.82, 2.24) is 10.6 Å². The van der Waals surface area contributed by atoms with Crippen molar-refractivity contribution in [2.24, 2.45) is 0 Å². The van der Waals surface area contributed by atoms with Gasteiger partial charge in [0.1, 0.15) is 5.82 Å². The zero-order chi connectivity index (χ0) is 13.7. The van der Waals surface area contributed by atoms with Crippen molar-refractivity contribution in [3.05, 3.63) is 34.6 Å². The van der Waals surface area contributed by atoms with Gasteiger partial charge >= 0.3 is 0 Å². The van der Waals surface area contributed by atoms with Gasteiger partial charge in [-0.05, 0) is 30.5 Å². The maximum Gasteiger partial charge on any atom is 0.234 e. The topological polar surface area (TPSA) is 41.1 Å². The first kappa shape index (κ1) is 14.3. The third-order valence-corrected chi connectivity index (χ3v) is 3.61. The van der Waals surface area contributed by atoms with E-state index >= 15 is 0 Å². The van der Waals surface area contributed by atoms with Crippen molar-refractivity contribution in [2.45, 2.75) is 38.3 Å². The summed E-state index contributed by atoms with van der Waals surface area (Å²) >= 11 is 5.69. The molecular weight excluding hydrogens is 267 g/mol. The molecule has 1 aromatic rings. The van der Waals surface area contributed by atoms with Gasteiger partial charge in [0, 0.05) is 12.6 Å². The number of nitrogens with one attached hydrogen (secondary N) is 2. The van der Waals surface area contributed by atoms with Crippen molar-refractivity contribution >= 4 is 17.5 Å². The van der Waals surface area contributed by atoms with E-state index in [2.05, 4.69) is 10.6 Å². The molecule has 1 aromatic carbocycles. The first-order valence-electron chi connectivity index (χ1n) is 6.59. The van der Waals surface area contributed by atoms with Gasteiger partial charge in [-0.1, -0.05) is 30.5 Å². The van der Waals surface area contributed by atoms with Crippen LogP contribution in [0.25, 0.3) is 0 Å². The van der Waals surface area contributed by atoms with Crippen LogP contribution in [0.1, 0.15) is 31.2 Å². The number of hydrogen-bond acceptors (Lipinski definition) is 2. The van der Waals surface area contributed by atoms with Crippen LogP contribution in [-0.4, -0.2) is 18.5 Å². The van der Waals surface area contributed by atoms with E-state index in [1.54, 1.807) is 12.1 Å². The molecule has 0 aliphatic heterocycles. The molecule has 0 unspecified atom stereocenters. The second-order valence-electron chi connectivity index (χ2n) is 4.90. The monoisotopic (exact) mass is 284 g/mol. The Labute approximate surface area is 117 Å². The van der Waals surface area contributed by atoms with E-state index in [0.29, 0.717) is 12.6 Å². The van der Waals surface area contributed by atoms with E-state index in [1.807, 2.05) is 0 Å². The Bertz CT molecular complexity index is 447. The number of carbonyl (C=O) groups is 1. The van der Waals surface area contributed by atoms with Crippen molar-refractivity contribution in [1.29, 1.82) is 0 Å². The normalized spacial score (nSPS) is 15.7. The number of carbonyl (C=O) groups excluding carboxylic acids is 1. The molecule has 2 rings (SSSR count). The molecule has 0 heterocycles. The van der Waals surface area contributed by atoms with Gasteiger partial charge in [0.15, 0.2) is 0 Å². The molecule has 1 aliphatic rings. The van der Waals surface area contributed by atoms with Gasteiger partial charge in [-0.25, -0.2) is 4.39 Å². The summed E-state index contributed by atoms with van der Waals surface area (Å²) in [6.45, 7) is 0.767. The lowest BCUT2D eigenvalue weighted by Crippen LogP contribution is -2.38. The third-order valence-electron chi connectivity index (χ3n) is 3.32. The zero-order valence-corrected chi connectivity index (χ0v) is 11.5. The number of benzene rings is 1. The summed E-state index contributed by atoms with van der Waals surface area (Å²) in [7, 11) is 0. The second kappa shape index (κ2) is 6.87. The lowest BCUT2D eigenvalue weighted by atomic mass is 10.2. The molecule has 0 radical (unpaired) electrons. The molecule has 1 fully saturated rings. The maximum absolute atomic E-state index is 13.0. The van der Waals surface area contributed by atoms with Gasteiger partial charge in [0.25, 0.3) is 0 Å². The van der Waals surface area contributed by atoms with Crippen LogP contribution < -0.4 is 10.6 Å². The predicted octanol–water partition coefficient (Wildman–Crippen LogP) is 2.63. The van der Waals surface area contributed by atoms with Crippen LogP contribution >= 0.6 is 11.6 Å². The number of rotatable bonds is 5. The first-order valence-corrected chi connectivity index (χ1v) is 6.97. The van der Waals surface area contributed by atoms with E-state index in [-0.39, 0.29) is 17.5 Å². The van der Waals surface area contributed by atoms with Crippen LogP contribution in [0.15, 0.2) is 18.2 Å². The number of amides is 1. The van der Waals surface area contributed by atoms with Gasteiger partial charge < -0.3 is 10.6 Å². The zero-order valence-electron chi connectivity index (χ0n) is 10.7. The highest BCUT2D eigenvalue weighted by Gasteiger charge is 2.16. The average molecular weight is 285 g/mol. The summed E-state index contributed by atoms with van der Waals surface area (Å²) in [4.78, 5) is 11.7. The van der Waals surface area contributed by atoms with Crippen LogP contribution in [0.3, 0.4) is 0 Å². The number of halogens is 2. The quantitative estimate of drug-likeness (QED) is 0.873. The van der Waals surface area contributed by atoms with Crippen molar-refractivity contribution in [3.63, 3.8) is 0 Å². The standard InChI is InChI=1S/C14H18ClFN2O/c15-12-7-10(5-6-13(12)16)8-17-9-14(19)18-11-3-1-2-4-11/h5-7,11,17H,1-4,8-9H2,(H,18,19). The van der Waals surface area contributed by atoms with E-state index in [1.165, 1.54) is 18.9 Å². The van der Waals surface area contributed by atoms with Crippen LogP contribution in [0.4, 0.5) is 4.39 Å². The molecule has 19 heavy (non-hydrogen) atoms. The second-order valence-corrected chi connectivity index (χ2v) is 5.31. The Balaban J connectivity index is 1.70. The van der Waals surface area contributed by atoms with Crippen molar-refractivity contribution in [3.8, 4) is 0 Å². The van der Waals surface area contributed by atoms with Crippen molar-refractivity contribution < 1.29 is 9.18 Å². The number of hydrogen-bond donors (Lipinski definition) is 2. The highest BCUT2D eigenvalue weighted by molar-refractivity contribution is 6.30. The third kappa shape index (κ3) is 4.48. The highest BCUT2D eigenvalue weighted by atomic mass is 35.5. The summed E-state index contributed by atoms with van der Waals surface area (Å²) in [5.41, 5.74) is 0.861. The van der Waals surface area contributed by atoms with E-state index < -0.39 is 5.82 Å². The Morgan fingerprint density at radius 3 is 2.79 bits per heavy atom. The minimum atomic E-state index is -0.426. The van der Waals surface area contributed by atoms with Gasteiger partial charge in [0.2, 0.25) is 5.91 Å². The molecule has 104 valence electrons. The van der Waals surface area contributed by atoms with Crippen LogP contribution in [0.5, 0.6) is 0 Å². The predicted molar refractivity (Wildman–Crippen MR) is 73.5 cm³/mol. The first-order chi connectivity index (χ1) is 9.15.